The molecule has 2 aromatic carbocycles. The topological polar surface area (TPSA) is 91.3 Å². The Morgan fingerprint density at radius 3 is 2.59 bits per heavy atom. The Balaban J connectivity index is 1.62. The second-order valence-electron chi connectivity index (χ2n) is 8.05. The van der Waals surface area contributed by atoms with Gasteiger partial charge in [-0.1, -0.05) is 42.5 Å². The average Bonchev–Trinajstić information content (AvgIpc) is 2.84. The van der Waals surface area contributed by atoms with Gasteiger partial charge in [0.2, 0.25) is 0 Å². The van der Waals surface area contributed by atoms with Crippen LogP contribution in [0.4, 0.5) is 5.82 Å². The fourth-order valence-corrected chi connectivity index (χ4v) is 3.79. The molecule has 0 spiro atoms. The normalized spacial score (nSPS) is 15.3. The number of likely N-dealkylation sites (N-methyl/N-ethyl adjacent to an activating group) is 1. The number of piperidine rings is 1. The zero-order chi connectivity index (χ0) is 22.2. The third-order valence-electron chi connectivity index (χ3n) is 5.46. The van der Waals surface area contributed by atoms with Crippen molar-refractivity contribution in [3.8, 4) is 28.4 Å². The van der Waals surface area contributed by atoms with Crippen LogP contribution in [-0.2, 0) is 0 Å². The lowest BCUT2D eigenvalue weighted by Gasteiger charge is -2.24. The number of hydrogen-bond acceptors (Lipinski definition) is 7. The zero-order valence-corrected chi connectivity index (χ0v) is 18.4. The Morgan fingerprint density at radius 2 is 1.81 bits per heavy atom. The predicted octanol–water partition coefficient (Wildman–Crippen LogP) is 2.93. The summed E-state index contributed by atoms with van der Waals surface area (Å²) in [6, 6.07) is 20.3. The summed E-state index contributed by atoms with van der Waals surface area (Å²) in [6.07, 6.45) is 1.57. The lowest BCUT2D eigenvalue weighted by molar-refractivity contribution is 0.108. The lowest BCUT2D eigenvalue weighted by Crippen LogP contribution is -2.35. The Hall–Kier alpha value is -3.00. The van der Waals surface area contributed by atoms with Crippen LogP contribution in [0.5, 0.6) is 5.75 Å². The van der Waals surface area contributed by atoms with E-state index >= 15 is 0 Å². The van der Waals surface area contributed by atoms with Crippen molar-refractivity contribution in [3.05, 3.63) is 60.7 Å². The molecule has 0 radical (unpaired) electrons. The molecule has 1 aromatic heterocycles. The fraction of sp³-hybridized carbons (Fsp3) is 0.360. The van der Waals surface area contributed by atoms with E-state index in [4.69, 9.17) is 14.7 Å². The van der Waals surface area contributed by atoms with Gasteiger partial charge in [-0.15, -0.1) is 0 Å². The van der Waals surface area contributed by atoms with Gasteiger partial charge in [-0.2, -0.15) is 0 Å². The molecule has 1 atom stereocenters. The van der Waals surface area contributed by atoms with Gasteiger partial charge in [0.15, 0.2) is 5.82 Å². The summed E-state index contributed by atoms with van der Waals surface area (Å²) in [5.74, 6) is 2.15. The van der Waals surface area contributed by atoms with Crippen LogP contribution in [0.15, 0.2) is 60.7 Å². The molecule has 0 saturated carbocycles. The fourth-order valence-electron chi connectivity index (χ4n) is 3.79. The summed E-state index contributed by atoms with van der Waals surface area (Å²) in [4.78, 5) is 9.69. The first kappa shape index (κ1) is 22.2. The Morgan fingerprint density at radius 1 is 1.03 bits per heavy atom. The molecule has 4 rings (SSSR count). The van der Waals surface area contributed by atoms with Gasteiger partial charge < -0.3 is 25.8 Å². The van der Waals surface area contributed by atoms with E-state index in [9.17, 15) is 5.11 Å². The number of benzene rings is 2. The molecule has 1 fully saturated rings. The van der Waals surface area contributed by atoms with Crippen LogP contribution in [-0.4, -0.2) is 60.5 Å². The Kier molecular flexibility index (Phi) is 7.66. The van der Waals surface area contributed by atoms with Crippen molar-refractivity contribution in [2.75, 3.05) is 38.6 Å². The largest absolute Gasteiger partial charge is 0.491 e. The highest BCUT2D eigenvalue weighted by Gasteiger charge is 2.16. The molecular formula is C25H31N5O2. The highest BCUT2D eigenvalue weighted by molar-refractivity contribution is 5.68. The monoisotopic (exact) mass is 433 g/mol. The van der Waals surface area contributed by atoms with Gasteiger partial charge >= 0.3 is 0 Å². The first-order valence-electron chi connectivity index (χ1n) is 11.2. The minimum atomic E-state index is -0.567. The van der Waals surface area contributed by atoms with E-state index in [1.54, 1.807) is 7.05 Å². The van der Waals surface area contributed by atoms with E-state index in [1.165, 1.54) is 0 Å². The molecule has 0 bridgehead atoms. The van der Waals surface area contributed by atoms with E-state index in [0.29, 0.717) is 24.2 Å². The molecule has 1 saturated heterocycles. The molecule has 1 aliphatic heterocycles. The highest BCUT2D eigenvalue weighted by Crippen LogP contribution is 2.27. The Bertz CT molecular complexity index is 993. The van der Waals surface area contributed by atoms with Gasteiger partial charge in [-0.25, -0.2) is 9.97 Å². The summed E-state index contributed by atoms with van der Waals surface area (Å²) in [5, 5.41) is 19.9. The molecule has 168 valence electrons. The van der Waals surface area contributed by atoms with Crippen molar-refractivity contribution < 1.29 is 9.84 Å². The van der Waals surface area contributed by atoms with Crippen molar-refractivity contribution in [1.29, 1.82) is 0 Å². The molecule has 7 heteroatoms. The van der Waals surface area contributed by atoms with E-state index in [1.807, 2.05) is 48.5 Å². The number of aromatic nitrogens is 2. The maximum absolute atomic E-state index is 9.93. The van der Waals surface area contributed by atoms with Crippen LogP contribution in [0.1, 0.15) is 12.8 Å². The van der Waals surface area contributed by atoms with Gasteiger partial charge in [0.25, 0.3) is 0 Å². The average molecular weight is 434 g/mol. The summed E-state index contributed by atoms with van der Waals surface area (Å²) < 4.78 is 5.78. The van der Waals surface area contributed by atoms with Gasteiger partial charge in [-0.3, -0.25) is 0 Å². The number of rotatable bonds is 9. The molecule has 4 N–H and O–H groups in total. The number of hydrogen-bond donors (Lipinski definition) is 4. The van der Waals surface area contributed by atoms with Crippen LogP contribution in [0, 0.1) is 0 Å². The number of aliphatic hydroxyl groups is 1. The number of aliphatic hydroxyl groups excluding tert-OH is 1. The van der Waals surface area contributed by atoms with Crippen LogP contribution < -0.4 is 20.7 Å². The first-order valence-corrected chi connectivity index (χ1v) is 11.2. The summed E-state index contributed by atoms with van der Waals surface area (Å²) in [5.41, 5.74) is 2.80. The minimum Gasteiger partial charge on any atom is -0.491 e. The van der Waals surface area contributed by atoms with E-state index < -0.39 is 6.10 Å². The van der Waals surface area contributed by atoms with E-state index in [-0.39, 0.29) is 6.61 Å². The first-order chi connectivity index (χ1) is 15.7. The van der Waals surface area contributed by atoms with Gasteiger partial charge in [0.1, 0.15) is 24.3 Å². The number of anilines is 1. The van der Waals surface area contributed by atoms with E-state index in [0.717, 1.165) is 48.6 Å². The number of ether oxygens (including phenoxy) is 1. The second-order valence-corrected chi connectivity index (χ2v) is 8.05. The molecule has 1 aliphatic rings. The molecule has 0 aliphatic carbocycles. The molecule has 32 heavy (non-hydrogen) atoms. The summed E-state index contributed by atoms with van der Waals surface area (Å²) in [6.45, 7) is 2.73. The summed E-state index contributed by atoms with van der Waals surface area (Å²) in [7, 11) is 1.80. The highest BCUT2D eigenvalue weighted by atomic mass is 16.5. The lowest BCUT2D eigenvalue weighted by atomic mass is 10.1. The van der Waals surface area contributed by atoms with Crippen LogP contribution in [0.2, 0.25) is 0 Å². The van der Waals surface area contributed by atoms with Crippen molar-refractivity contribution in [3.63, 3.8) is 0 Å². The van der Waals surface area contributed by atoms with E-state index in [2.05, 4.69) is 28.1 Å². The zero-order valence-electron chi connectivity index (χ0n) is 18.4. The molecule has 7 nitrogen and oxygen atoms in total. The number of nitrogens with zero attached hydrogens (tertiary/aromatic N) is 2. The summed E-state index contributed by atoms with van der Waals surface area (Å²) >= 11 is 0. The SMILES string of the molecule is CNCC(O)COc1cccc(-c2nc(NC3CCNCC3)cc(-c3ccccc3)n2)c1. The standard InChI is InChI=1S/C25H31N5O2/c1-26-16-21(31)17-32-22-9-5-8-19(14-22)25-29-23(18-6-3-2-4-7-18)15-24(30-25)28-20-10-12-27-13-11-20/h2-9,14-15,20-21,26-27,31H,10-13,16-17H2,1H3,(H,28,29,30). The van der Waals surface area contributed by atoms with Crippen LogP contribution in [0.25, 0.3) is 22.6 Å². The molecule has 3 aromatic rings. The smallest absolute Gasteiger partial charge is 0.162 e. The quantitative estimate of drug-likeness (QED) is 0.412. The molecule has 2 heterocycles. The van der Waals surface area contributed by atoms with Gasteiger partial charge in [0, 0.05) is 29.8 Å². The van der Waals surface area contributed by atoms with Crippen LogP contribution in [0.3, 0.4) is 0 Å². The van der Waals surface area contributed by atoms with Gasteiger partial charge in [-0.05, 0) is 45.1 Å². The maximum atomic E-state index is 9.93. The number of nitrogens with one attached hydrogen (secondary N) is 3. The third kappa shape index (κ3) is 6.03. The van der Waals surface area contributed by atoms with Crippen molar-refractivity contribution in [2.45, 2.75) is 25.0 Å². The van der Waals surface area contributed by atoms with Crippen LogP contribution >= 0.6 is 0 Å². The maximum Gasteiger partial charge on any atom is 0.162 e. The molecule has 1 unspecified atom stereocenters. The van der Waals surface area contributed by atoms with Crippen molar-refractivity contribution in [1.82, 2.24) is 20.6 Å². The van der Waals surface area contributed by atoms with Crippen molar-refractivity contribution >= 4 is 5.82 Å². The molecule has 0 amide bonds. The third-order valence-corrected chi connectivity index (χ3v) is 5.46. The van der Waals surface area contributed by atoms with Crippen molar-refractivity contribution in [2.24, 2.45) is 0 Å². The minimum absolute atomic E-state index is 0.220. The second kappa shape index (κ2) is 11.0. The Labute approximate surface area is 189 Å². The molecular weight excluding hydrogens is 402 g/mol. The van der Waals surface area contributed by atoms with Gasteiger partial charge in [0.05, 0.1) is 5.69 Å². The predicted molar refractivity (Wildman–Crippen MR) is 128 cm³/mol.